The van der Waals surface area contributed by atoms with E-state index in [-0.39, 0.29) is 18.0 Å². The van der Waals surface area contributed by atoms with Crippen LogP contribution in [0.1, 0.15) is 12.5 Å². The summed E-state index contributed by atoms with van der Waals surface area (Å²) in [6, 6.07) is 4.66. The van der Waals surface area contributed by atoms with Crippen molar-refractivity contribution in [2.24, 2.45) is 0 Å². The molecular weight excluding hydrogens is 263 g/mol. The molecule has 0 aliphatic carbocycles. The van der Waals surface area contributed by atoms with E-state index in [0.717, 1.165) is 0 Å². The van der Waals surface area contributed by atoms with Crippen LogP contribution in [-0.2, 0) is 16.0 Å². The van der Waals surface area contributed by atoms with Crippen molar-refractivity contribution in [3.63, 3.8) is 0 Å². The average molecular weight is 275 g/mol. The molecule has 0 bridgehead atoms. The molecule has 0 aromatic heterocycles. The van der Waals surface area contributed by atoms with E-state index >= 15 is 0 Å². The number of ether oxygens (including phenoxy) is 1. The number of carbonyl (C=O) groups excluding carboxylic acids is 1. The van der Waals surface area contributed by atoms with Crippen LogP contribution in [0.25, 0.3) is 0 Å². The Labute approximate surface area is 96.6 Å². The highest BCUT2D eigenvalue weighted by Gasteiger charge is 2.14. The van der Waals surface area contributed by atoms with E-state index in [1.165, 1.54) is 13.2 Å². The number of hydrogen-bond donors (Lipinski definition) is 0. The fraction of sp³-hybridized carbons (Fsp3) is 0.364. The van der Waals surface area contributed by atoms with Crippen molar-refractivity contribution in [2.45, 2.75) is 19.4 Å². The number of hydrogen-bond acceptors (Lipinski definition) is 2. The van der Waals surface area contributed by atoms with Crippen LogP contribution >= 0.6 is 15.9 Å². The summed E-state index contributed by atoms with van der Waals surface area (Å²) >= 11 is 3.16. The Morgan fingerprint density at radius 2 is 2.27 bits per heavy atom. The molecule has 0 saturated heterocycles. The lowest BCUT2D eigenvalue weighted by Gasteiger charge is -2.08. The van der Waals surface area contributed by atoms with Crippen molar-refractivity contribution in [1.29, 1.82) is 0 Å². The normalized spacial score (nSPS) is 12.5. The minimum absolute atomic E-state index is 0.0636. The Morgan fingerprint density at radius 3 is 2.80 bits per heavy atom. The quantitative estimate of drug-likeness (QED) is 0.844. The van der Waals surface area contributed by atoms with Crippen molar-refractivity contribution < 1.29 is 13.9 Å². The first-order chi connectivity index (χ1) is 7.04. The summed E-state index contributed by atoms with van der Waals surface area (Å²) in [5, 5.41) is 0. The minimum atomic E-state index is -0.493. The molecule has 1 unspecified atom stereocenters. The van der Waals surface area contributed by atoms with Gasteiger partial charge in [0.1, 0.15) is 11.9 Å². The van der Waals surface area contributed by atoms with Crippen molar-refractivity contribution >= 4 is 21.7 Å². The zero-order chi connectivity index (χ0) is 11.4. The van der Waals surface area contributed by atoms with Gasteiger partial charge in [-0.15, -0.1) is 0 Å². The van der Waals surface area contributed by atoms with E-state index in [4.69, 9.17) is 4.74 Å². The van der Waals surface area contributed by atoms with Gasteiger partial charge < -0.3 is 4.74 Å². The van der Waals surface area contributed by atoms with Crippen LogP contribution in [0.5, 0.6) is 0 Å². The molecule has 0 saturated carbocycles. The van der Waals surface area contributed by atoms with Gasteiger partial charge in [-0.1, -0.05) is 22.0 Å². The lowest BCUT2D eigenvalue weighted by atomic mass is 10.1. The summed E-state index contributed by atoms with van der Waals surface area (Å²) in [7, 11) is 1.46. The van der Waals surface area contributed by atoms with Crippen molar-refractivity contribution in [2.75, 3.05) is 7.11 Å². The molecule has 1 aromatic carbocycles. The molecule has 2 nitrogen and oxygen atoms in total. The van der Waals surface area contributed by atoms with Gasteiger partial charge >= 0.3 is 0 Å². The monoisotopic (exact) mass is 274 g/mol. The lowest BCUT2D eigenvalue weighted by Crippen LogP contribution is -2.21. The fourth-order valence-electron chi connectivity index (χ4n) is 1.13. The second kappa shape index (κ2) is 5.37. The summed E-state index contributed by atoms with van der Waals surface area (Å²) in [4.78, 5) is 11.5. The average Bonchev–Trinajstić information content (AvgIpc) is 2.20. The van der Waals surface area contributed by atoms with Crippen molar-refractivity contribution in [1.82, 2.24) is 0 Å². The van der Waals surface area contributed by atoms with Gasteiger partial charge in [-0.3, -0.25) is 4.79 Å². The van der Waals surface area contributed by atoms with E-state index in [0.29, 0.717) is 10.0 Å². The Morgan fingerprint density at radius 1 is 1.60 bits per heavy atom. The summed E-state index contributed by atoms with van der Waals surface area (Å²) in [5.41, 5.74) is 0.395. The van der Waals surface area contributed by atoms with Gasteiger partial charge in [0.2, 0.25) is 0 Å². The summed E-state index contributed by atoms with van der Waals surface area (Å²) in [5.74, 6) is -0.500. The fourth-order valence-corrected chi connectivity index (χ4v) is 1.46. The van der Waals surface area contributed by atoms with E-state index in [9.17, 15) is 9.18 Å². The molecule has 1 atom stereocenters. The predicted molar refractivity (Wildman–Crippen MR) is 59.3 cm³/mol. The molecule has 0 heterocycles. The van der Waals surface area contributed by atoms with Crippen LogP contribution in [0.15, 0.2) is 22.7 Å². The maximum absolute atomic E-state index is 13.4. The Bertz CT molecular complexity index is 366. The number of methoxy groups -OCH3 is 1. The molecular formula is C11H12BrFO2. The van der Waals surface area contributed by atoms with Crippen LogP contribution < -0.4 is 0 Å². The molecule has 0 amide bonds. The molecule has 1 rings (SSSR count). The number of benzene rings is 1. The third kappa shape index (κ3) is 3.39. The summed E-state index contributed by atoms with van der Waals surface area (Å²) in [6.07, 6.45) is -0.429. The first-order valence-electron chi connectivity index (χ1n) is 4.54. The van der Waals surface area contributed by atoms with Gasteiger partial charge in [-0.25, -0.2) is 4.39 Å². The second-order valence-electron chi connectivity index (χ2n) is 3.26. The highest BCUT2D eigenvalue weighted by atomic mass is 79.9. The third-order valence-electron chi connectivity index (χ3n) is 2.19. The molecule has 0 N–H and O–H groups in total. The Hall–Kier alpha value is -0.740. The topological polar surface area (TPSA) is 26.3 Å². The van der Waals surface area contributed by atoms with Crippen molar-refractivity contribution in [3.05, 3.63) is 34.1 Å². The number of carbonyl (C=O) groups is 1. The summed E-state index contributed by atoms with van der Waals surface area (Å²) < 4.78 is 18.9. The summed E-state index contributed by atoms with van der Waals surface area (Å²) in [6.45, 7) is 1.65. The Kier molecular flexibility index (Phi) is 4.42. The van der Waals surface area contributed by atoms with Crippen LogP contribution in [0.2, 0.25) is 0 Å². The highest BCUT2D eigenvalue weighted by molar-refractivity contribution is 9.10. The van der Waals surface area contributed by atoms with Crippen LogP contribution in [-0.4, -0.2) is 19.0 Å². The number of halogens is 2. The predicted octanol–water partition coefficient (Wildman–Crippen LogP) is 2.73. The maximum atomic E-state index is 13.4. The van der Waals surface area contributed by atoms with E-state index < -0.39 is 6.10 Å². The lowest BCUT2D eigenvalue weighted by molar-refractivity contribution is -0.127. The van der Waals surface area contributed by atoms with Gasteiger partial charge in [0.15, 0.2) is 5.78 Å². The van der Waals surface area contributed by atoms with Gasteiger partial charge in [-0.2, -0.15) is 0 Å². The van der Waals surface area contributed by atoms with E-state index in [1.807, 2.05) is 0 Å². The second-order valence-corrected chi connectivity index (χ2v) is 4.17. The van der Waals surface area contributed by atoms with E-state index in [2.05, 4.69) is 15.9 Å². The largest absolute Gasteiger partial charge is 0.374 e. The zero-order valence-electron chi connectivity index (χ0n) is 8.59. The minimum Gasteiger partial charge on any atom is -0.374 e. The van der Waals surface area contributed by atoms with Gasteiger partial charge in [-0.05, 0) is 24.6 Å². The number of rotatable bonds is 4. The standard InChI is InChI=1S/C11H12BrFO2/c1-7(15-2)11(14)5-8-3-4-9(12)6-10(8)13/h3-4,6-7H,5H2,1-2H3. The molecule has 82 valence electrons. The molecule has 15 heavy (non-hydrogen) atoms. The molecule has 1 aromatic rings. The first-order valence-corrected chi connectivity index (χ1v) is 5.33. The van der Waals surface area contributed by atoms with Gasteiger partial charge in [0.05, 0.1) is 0 Å². The molecule has 0 aliphatic heterocycles. The molecule has 0 spiro atoms. The number of Topliss-reactive ketones (excluding diaryl/α,β-unsaturated/α-hetero) is 1. The third-order valence-corrected chi connectivity index (χ3v) is 2.68. The highest BCUT2D eigenvalue weighted by Crippen LogP contribution is 2.16. The molecule has 0 aliphatic rings. The first kappa shape index (κ1) is 12.3. The SMILES string of the molecule is COC(C)C(=O)Cc1ccc(Br)cc1F. The van der Waals surface area contributed by atoms with Crippen LogP contribution in [0.4, 0.5) is 4.39 Å². The molecule has 0 fully saturated rings. The van der Waals surface area contributed by atoms with Crippen molar-refractivity contribution in [3.8, 4) is 0 Å². The molecule has 0 radical (unpaired) electrons. The molecule has 4 heteroatoms. The smallest absolute Gasteiger partial charge is 0.165 e. The zero-order valence-corrected chi connectivity index (χ0v) is 10.2. The number of ketones is 1. The van der Waals surface area contributed by atoms with Gasteiger partial charge in [0, 0.05) is 18.0 Å². The van der Waals surface area contributed by atoms with Gasteiger partial charge in [0.25, 0.3) is 0 Å². The van der Waals surface area contributed by atoms with E-state index in [1.54, 1.807) is 19.1 Å². The maximum Gasteiger partial charge on any atom is 0.165 e. The Balaban J connectivity index is 2.77. The van der Waals surface area contributed by atoms with Crippen LogP contribution in [0.3, 0.4) is 0 Å². The van der Waals surface area contributed by atoms with Crippen LogP contribution in [0, 0.1) is 5.82 Å².